The second kappa shape index (κ2) is 10.4. The number of halogens is 1. The average molecular weight is 484 g/mol. The van der Waals surface area contributed by atoms with E-state index in [0.29, 0.717) is 15.9 Å². The summed E-state index contributed by atoms with van der Waals surface area (Å²) in [5, 5.41) is 2.68. The van der Waals surface area contributed by atoms with E-state index in [1.807, 2.05) is 0 Å². The zero-order valence-corrected chi connectivity index (χ0v) is 18.4. The quantitative estimate of drug-likeness (QED) is 0.568. The Morgan fingerprint density at radius 3 is 2.41 bits per heavy atom. The first kappa shape index (κ1) is 22.9. The molecule has 0 unspecified atom stereocenters. The Morgan fingerprint density at radius 1 is 1.10 bits per heavy atom. The molecular formula is C19H22BrN3O5S. The number of carbonyl (C=O) groups excluding carboxylic acids is 2. The van der Waals surface area contributed by atoms with Crippen LogP contribution < -0.4 is 14.8 Å². The van der Waals surface area contributed by atoms with Gasteiger partial charge in [-0.3, -0.25) is 9.59 Å². The highest BCUT2D eigenvalue weighted by Crippen LogP contribution is 2.17. The molecule has 0 atom stereocenters. The molecule has 0 fully saturated rings. The van der Waals surface area contributed by atoms with Crippen LogP contribution in [-0.2, 0) is 19.6 Å². The van der Waals surface area contributed by atoms with Crippen molar-refractivity contribution in [1.29, 1.82) is 0 Å². The Balaban J connectivity index is 1.80. The summed E-state index contributed by atoms with van der Waals surface area (Å²) >= 11 is 3.23. The Bertz CT molecular complexity index is 962. The van der Waals surface area contributed by atoms with Gasteiger partial charge in [0.2, 0.25) is 15.9 Å². The van der Waals surface area contributed by atoms with Crippen molar-refractivity contribution in [3.8, 4) is 5.75 Å². The van der Waals surface area contributed by atoms with Crippen molar-refractivity contribution < 1.29 is 22.7 Å². The normalized spacial score (nSPS) is 11.0. The topological polar surface area (TPSA) is 105 Å². The molecule has 8 nitrogen and oxygen atoms in total. The molecule has 0 aromatic heterocycles. The number of benzene rings is 2. The highest BCUT2D eigenvalue weighted by atomic mass is 79.9. The van der Waals surface area contributed by atoms with Crippen LogP contribution in [0.5, 0.6) is 5.75 Å². The minimum Gasteiger partial charge on any atom is -0.484 e. The van der Waals surface area contributed by atoms with Gasteiger partial charge < -0.3 is 15.0 Å². The van der Waals surface area contributed by atoms with Crippen LogP contribution in [0.4, 0.5) is 5.69 Å². The molecule has 2 rings (SSSR count). The lowest BCUT2D eigenvalue weighted by Gasteiger charge is -2.12. The lowest BCUT2D eigenvalue weighted by atomic mass is 10.3. The van der Waals surface area contributed by atoms with Crippen molar-refractivity contribution in [3.63, 3.8) is 0 Å². The summed E-state index contributed by atoms with van der Waals surface area (Å²) in [5.74, 6) is 0.00562. The number of sulfonamides is 1. The first-order valence-corrected chi connectivity index (χ1v) is 10.9. The van der Waals surface area contributed by atoms with E-state index in [4.69, 9.17) is 4.74 Å². The van der Waals surface area contributed by atoms with E-state index in [9.17, 15) is 18.0 Å². The lowest BCUT2D eigenvalue weighted by molar-refractivity contribution is -0.130. The minimum absolute atomic E-state index is 0.0250. The first-order valence-electron chi connectivity index (χ1n) is 8.65. The number of hydrogen-bond acceptors (Lipinski definition) is 5. The smallest absolute Gasteiger partial charge is 0.259 e. The van der Waals surface area contributed by atoms with Crippen molar-refractivity contribution in [2.75, 3.05) is 32.6 Å². The van der Waals surface area contributed by atoms with Crippen LogP contribution in [0.1, 0.15) is 6.42 Å². The third kappa shape index (κ3) is 7.48. The molecule has 0 bridgehead atoms. The fourth-order valence-corrected chi connectivity index (χ4v) is 3.78. The van der Waals surface area contributed by atoms with Gasteiger partial charge in [-0.1, -0.05) is 22.0 Å². The SMILES string of the molecule is CN(C)C(=O)COc1ccc(NC(=O)CCNS(=O)(=O)c2cccc(Br)c2)cc1. The second-order valence-corrected chi connectivity index (χ2v) is 8.94. The van der Waals surface area contributed by atoms with Gasteiger partial charge in [0.25, 0.3) is 5.91 Å². The fourth-order valence-electron chi connectivity index (χ4n) is 2.15. The number of nitrogens with one attached hydrogen (secondary N) is 2. The number of amides is 2. The first-order chi connectivity index (χ1) is 13.7. The van der Waals surface area contributed by atoms with Crippen LogP contribution in [0.25, 0.3) is 0 Å². The maximum absolute atomic E-state index is 12.2. The molecule has 2 aromatic carbocycles. The van der Waals surface area contributed by atoms with Gasteiger partial charge in [-0.2, -0.15) is 0 Å². The number of likely N-dealkylation sites (N-methyl/N-ethyl adjacent to an activating group) is 1. The number of anilines is 1. The van der Waals surface area contributed by atoms with Crippen LogP contribution >= 0.6 is 15.9 Å². The Kier molecular flexibility index (Phi) is 8.18. The van der Waals surface area contributed by atoms with Crippen LogP contribution in [-0.4, -0.2) is 52.4 Å². The van der Waals surface area contributed by atoms with E-state index in [0.717, 1.165) is 0 Å². The van der Waals surface area contributed by atoms with Crippen molar-refractivity contribution >= 4 is 43.5 Å². The Hall–Kier alpha value is -2.43. The highest BCUT2D eigenvalue weighted by Gasteiger charge is 2.14. The van der Waals surface area contributed by atoms with Gasteiger partial charge in [-0.05, 0) is 42.5 Å². The fraction of sp³-hybridized carbons (Fsp3) is 0.263. The molecular weight excluding hydrogens is 462 g/mol. The third-order valence-corrected chi connectivity index (χ3v) is 5.70. The molecule has 0 saturated carbocycles. The molecule has 0 spiro atoms. The number of ether oxygens (including phenoxy) is 1. The zero-order valence-electron chi connectivity index (χ0n) is 16.0. The lowest BCUT2D eigenvalue weighted by Crippen LogP contribution is -2.28. The van der Waals surface area contributed by atoms with Crippen molar-refractivity contribution in [1.82, 2.24) is 9.62 Å². The van der Waals surface area contributed by atoms with E-state index in [-0.39, 0.29) is 36.3 Å². The van der Waals surface area contributed by atoms with Crippen LogP contribution in [0.15, 0.2) is 57.9 Å². The van der Waals surface area contributed by atoms with E-state index in [2.05, 4.69) is 26.0 Å². The number of nitrogens with zero attached hydrogens (tertiary/aromatic N) is 1. The molecule has 0 radical (unpaired) electrons. The van der Waals surface area contributed by atoms with Gasteiger partial charge in [0.15, 0.2) is 6.61 Å². The monoisotopic (exact) mass is 483 g/mol. The van der Waals surface area contributed by atoms with Gasteiger partial charge in [0.1, 0.15) is 5.75 Å². The van der Waals surface area contributed by atoms with E-state index in [1.54, 1.807) is 50.5 Å². The summed E-state index contributed by atoms with van der Waals surface area (Å²) < 4.78 is 32.8. The van der Waals surface area contributed by atoms with Gasteiger partial charge in [0.05, 0.1) is 4.90 Å². The minimum atomic E-state index is -3.68. The summed E-state index contributed by atoms with van der Waals surface area (Å²) in [6.07, 6.45) is -0.0250. The van der Waals surface area contributed by atoms with Gasteiger partial charge >= 0.3 is 0 Å². The third-order valence-electron chi connectivity index (χ3n) is 3.75. The maximum Gasteiger partial charge on any atom is 0.259 e. The molecule has 2 aromatic rings. The molecule has 10 heteroatoms. The summed E-state index contributed by atoms with van der Waals surface area (Å²) in [6.45, 7) is -0.106. The molecule has 0 saturated heterocycles. The molecule has 0 aliphatic rings. The summed E-state index contributed by atoms with van der Waals surface area (Å²) in [7, 11) is -0.400. The molecule has 0 aliphatic heterocycles. The largest absolute Gasteiger partial charge is 0.484 e. The summed E-state index contributed by atoms with van der Waals surface area (Å²) in [5.41, 5.74) is 0.538. The van der Waals surface area contributed by atoms with Gasteiger partial charge in [-0.15, -0.1) is 0 Å². The summed E-state index contributed by atoms with van der Waals surface area (Å²) in [4.78, 5) is 25.1. The molecule has 156 valence electrons. The van der Waals surface area contributed by atoms with E-state index in [1.165, 1.54) is 17.0 Å². The Labute approximate surface area is 178 Å². The number of carbonyl (C=O) groups is 2. The zero-order chi connectivity index (χ0) is 21.4. The molecule has 2 N–H and O–H groups in total. The van der Waals surface area contributed by atoms with Gasteiger partial charge in [0, 0.05) is 37.2 Å². The molecule has 2 amide bonds. The molecule has 0 heterocycles. The summed E-state index contributed by atoms with van der Waals surface area (Å²) in [6, 6.07) is 12.8. The predicted octanol–water partition coefficient (Wildman–Crippen LogP) is 2.22. The molecule has 0 aliphatic carbocycles. The van der Waals surface area contributed by atoms with E-state index < -0.39 is 10.0 Å². The van der Waals surface area contributed by atoms with Crippen LogP contribution in [0.3, 0.4) is 0 Å². The number of rotatable bonds is 9. The van der Waals surface area contributed by atoms with Crippen molar-refractivity contribution in [2.45, 2.75) is 11.3 Å². The molecule has 29 heavy (non-hydrogen) atoms. The standard InChI is InChI=1S/C19H22BrN3O5S/c1-23(2)19(25)13-28-16-8-6-15(7-9-16)22-18(24)10-11-21-29(26,27)17-5-3-4-14(20)12-17/h3-9,12,21H,10-11,13H2,1-2H3,(H,22,24). The van der Waals surface area contributed by atoms with E-state index >= 15 is 0 Å². The number of hydrogen-bond donors (Lipinski definition) is 2. The van der Waals surface area contributed by atoms with Crippen molar-refractivity contribution in [3.05, 3.63) is 53.0 Å². The van der Waals surface area contributed by atoms with Crippen molar-refractivity contribution in [2.24, 2.45) is 0 Å². The Morgan fingerprint density at radius 2 is 1.79 bits per heavy atom. The van der Waals surface area contributed by atoms with Crippen LogP contribution in [0.2, 0.25) is 0 Å². The predicted molar refractivity (Wildman–Crippen MR) is 113 cm³/mol. The second-order valence-electron chi connectivity index (χ2n) is 6.25. The van der Waals surface area contributed by atoms with Crippen LogP contribution in [0, 0.1) is 0 Å². The highest BCUT2D eigenvalue weighted by molar-refractivity contribution is 9.10. The average Bonchev–Trinajstić information content (AvgIpc) is 2.67. The van der Waals surface area contributed by atoms with Gasteiger partial charge in [-0.25, -0.2) is 13.1 Å². The maximum atomic E-state index is 12.2.